The second-order valence-corrected chi connectivity index (χ2v) is 9.25. The molecule has 0 radical (unpaired) electrons. The number of piperazine rings is 1. The molecule has 1 saturated heterocycles. The Kier molecular flexibility index (Phi) is 6.21. The van der Waals surface area contributed by atoms with Crippen molar-refractivity contribution in [2.45, 2.75) is 51.4 Å². The number of hydrogen-bond acceptors (Lipinski definition) is 4. The summed E-state index contributed by atoms with van der Waals surface area (Å²) in [6.07, 6.45) is 5.65. The number of anilines is 1. The van der Waals surface area contributed by atoms with Gasteiger partial charge in [0.05, 0.1) is 5.69 Å². The van der Waals surface area contributed by atoms with Gasteiger partial charge in [0.2, 0.25) is 0 Å². The molecule has 1 aliphatic heterocycles. The molecule has 4 heteroatoms. The first-order valence-corrected chi connectivity index (χ1v) is 11.3. The first-order valence-electron chi connectivity index (χ1n) is 11.3. The van der Waals surface area contributed by atoms with Gasteiger partial charge in [0.1, 0.15) is 5.82 Å². The second-order valence-electron chi connectivity index (χ2n) is 9.25. The van der Waals surface area contributed by atoms with Gasteiger partial charge in [-0.1, -0.05) is 32.0 Å². The van der Waals surface area contributed by atoms with E-state index >= 15 is 0 Å². The smallest absolute Gasteiger partial charge is 0.129 e. The number of hydrogen-bond donors (Lipinski definition) is 1. The molecule has 29 heavy (non-hydrogen) atoms. The van der Waals surface area contributed by atoms with Crippen LogP contribution in [0.1, 0.15) is 50.7 Å². The first-order chi connectivity index (χ1) is 14.1. The lowest BCUT2D eigenvalue weighted by Gasteiger charge is -2.35. The summed E-state index contributed by atoms with van der Waals surface area (Å²) in [5.41, 5.74) is 5.63. The number of aromatic nitrogens is 1. The summed E-state index contributed by atoms with van der Waals surface area (Å²) in [7, 11) is 0. The molecule has 156 valence electrons. The van der Waals surface area contributed by atoms with Gasteiger partial charge in [-0.05, 0) is 73.4 Å². The third kappa shape index (κ3) is 4.65. The molecule has 0 amide bonds. The molecular weight excluding hydrogens is 358 g/mol. The average molecular weight is 394 g/mol. The molecule has 1 aliphatic carbocycles. The Morgan fingerprint density at radius 2 is 1.83 bits per heavy atom. The summed E-state index contributed by atoms with van der Waals surface area (Å²) in [6, 6.07) is 13.4. The number of fused-ring (bicyclic) bond motifs is 1. The largest absolute Gasteiger partial charge is 0.396 e. The van der Waals surface area contributed by atoms with Gasteiger partial charge in [0.15, 0.2) is 0 Å². The van der Waals surface area contributed by atoms with Crippen LogP contribution in [0, 0.1) is 0 Å². The maximum Gasteiger partial charge on any atom is 0.129 e. The second kappa shape index (κ2) is 8.85. The van der Waals surface area contributed by atoms with Crippen LogP contribution in [0.4, 0.5) is 5.82 Å². The van der Waals surface area contributed by atoms with E-state index in [-0.39, 0.29) is 0 Å². The van der Waals surface area contributed by atoms with Crippen molar-refractivity contribution in [3.63, 3.8) is 0 Å². The molecule has 1 aromatic heterocycles. The number of unbranched alkanes of at least 4 members (excludes halogenated alkanes) is 2. The molecule has 4 rings (SSSR count). The molecule has 4 nitrogen and oxygen atoms in total. The minimum atomic E-state index is 0.306. The van der Waals surface area contributed by atoms with E-state index in [1.807, 2.05) is 0 Å². The Morgan fingerprint density at radius 1 is 1.00 bits per heavy atom. The molecular formula is C25H35N3O. The van der Waals surface area contributed by atoms with Crippen LogP contribution in [0.15, 0.2) is 36.4 Å². The van der Waals surface area contributed by atoms with E-state index < -0.39 is 0 Å². The number of aryl methyl sites for hydroxylation is 1. The van der Waals surface area contributed by atoms with Crippen molar-refractivity contribution in [3.05, 3.63) is 47.5 Å². The first kappa shape index (κ1) is 20.4. The highest BCUT2D eigenvalue weighted by Gasteiger charge is 2.29. The van der Waals surface area contributed by atoms with Crippen LogP contribution in [0.5, 0.6) is 0 Å². The topological polar surface area (TPSA) is 39.6 Å². The maximum atomic E-state index is 8.91. The van der Waals surface area contributed by atoms with Crippen molar-refractivity contribution in [2.24, 2.45) is 0 Å². The summed E-state index contributed by atoms with van der Waals surface area (Å²) >= 11 is 0. The van der Waals surface area contributed by atoms with Gasteiger partial charge in [0.25, 0.3) is 0 Å². The van der Waals surface area contributed by atoms with E-state index in [2.05, 4.69) is 60.0 Å². The quantitative estimate of drug-likeness (QED) is 0.714. The fraction of sp³-hybridized carbons (Fsp3) is 0.560. The Hall–Kier alpha value is -1.91. The normalized spacial score (nSPS) is 18.8. The van der Waals surface area contributed by atoms with Crippen LogP contribution >= 0.6 is 0 Å². The van der Waals surface area contributed by atoms with Gasteiger partial charge < -0.3 is 10.0 Å². The van der Waals surface area contributed by atoms with Crippen LogP contribution < -0.4 is 4.90 Å². The van der Waals surface area contributed by atoms with Crippen LogP contribution in [0.2, 0.25) is 0 Å². The zero-order chi connectivity index (χ0) is 20.3. The molecule has 0 spiro atoms. The molecule has 0 saturated carbocycles. The predicted molar refractivity (Wildman–Crippen MR) is 121 cm³/mol. The van der Waals surface area contributed by atoms with Crippen LogP contribution in [0.3, 0.4) is 0 Å². The number of aliphatic hydroxyl groups excluding tert-OH is 1. The third-order valence-corrected chi connectivity index (χ3v) is 6.71. The number of nitrogens with zero attached hydrogens (tertiary/aromatic N) is 3. The zero-order valence-electron chi connectivity index (χ0n) is 18.0. The Balaban J connectivity index is 1.40. The predicted octanol–water partition coefficient (Wildman–Crippen LogP) is 4.26. The van der Waals surface area contributed by atoms with Crippen molar-refractivity contribution in [3.8, 4) is 11.3 Å². The summed E-state index contributed by atoms with van der Waals surface area (Å²) in [6.45, 7) is 10.4. The fourth-order valence-corrected chi connectivity index (χ4v) is 4.79. The van der Waals surface area contributed by atoms with Gasteiger partial charge in [-0.2, -0.15) is 0 Å². The lowest BCUT2D eigenvalue weighted by Crippen LogP contribution is -2.46. The van der Waals surface area contributed by atoms with Gasteiger partial charge in [-0.25, -0.2) is 4.98 Å². The van der Waals surface area contributed by atoms with Crippen LogP contribution in [0.25, 0.3) is 11.3 Å². The summed E-state index contributed by atoms with van der Waals surface area (Å²) < 4.78 is 0. The average Bonchev–Trinajstić information content (AvgIpc) is 3.06. The molecule has 1 fully saturated rings. The van der Waals surface area contributed by atoms with Crippen molar-refractivity contribution in [1.29, 1.82) is 0 Å². The molecule has 0 bridgehead atoms. The van der Waals surface area contributed by atoms with Crippen LogP contribution in [-0.2, 0) is 11.8 Å². The van der Waals surface area contributed by atoms with E-state index in [1.165, 1.54) is 36.0 Å². The van der Waals surface area contributed by atoms with E-state index in [0.717, 1.165) is 57.1 Å². The summed E-state index contributed by atoms with van der Waals surface area (Å²) in [5, 5.41) is 8.91. The van der Waals surface area contributed by atoms with Gasteiger partial charge in [0, 0.05) is 38.3 Å². The van der Waals surface area contributed by atoms with Crippen LogP contribution in [-0.4, -0.2) is 54.3 Å². The highest BCUT2D eigenvalue weighted by atomic mass is 16.2. The molecule has 1 N–H and O–H groups in total. The Bertz CT molecular complexity index is 825. The molecule has 2 aromatic rings. The standard InChI is InChI=1S/C25H35N3O/c1-25(2)12-11-20-19-21(9-10-22(20)25)23-7-6-8-24(26-23)28-16-14-27(15-17-28)13-4-3-5-18-29/h6-10,19,29H,3-5,11-18H2,1-2H3. The van der Waals surface area contributed by atoms with E-state index in [9.17, 15) is 0 Å². The minimum Gasteiger partial charge on any atom is -0.396 e. The van der Waals surface area contributed by atoms with Gasteiger partial charge >= 0.3 is 0 Å². The van der Waals surface area contributed by atoms with E-state index in [4.69, 9.17) is 10.1 Å². The van der Waals surface area contributed by atoms with E-state index in [0.29, 0.717) is 12.0 Å². The SMILES string of the molecule is CC1(C)CCc2cc(-c3cccc(N4CCN(CCCCCO)CC4)n3)ccc21. The number of pyridine rings is 1. The van der Waals surface area contributed by atoms with Gasteiger partial charge in [-0.15, -0.1) is 0 Å². The molecule has 2 aliphatic rings. The molecule has 0 atom stereocenters. The van der Waals surface area contributed by atoms with E-state index in [1.54, 1.807) is 0 Å². The summed E-state index contributed by atoms with van der Waals surface area (Å²) in [5.74, 6) is 1.10. The highest BCUT2D eigenvalue weighted by molar-refractivity contribution is 5.64. The third-order valence-electron chi connectivity index (χ3n) is 6.71. The number of aliphatic hydroxyl groups is 1. The molecule has 1 aromatic carbocycles. The zero-order valence-corrected chi connectivity index (χ0v) is 18.0. The Labute approximate surface area is 175 Å². The minimum absolute atomic E-state index is 0.306. The highest BCUT2D eigenvalue weighted by Crippen LogP contribution is 2.39. The maximum absolute atomic E-state index is 8.91. The Morgan fingerprint density at radius 3 is 2.62 bits per heavy atom. The molecule has 0 unspecified atom stereocenters. The number of rotatable bonds is 7. The summed E-state index contributed by atoms with van der Waals surface area (Å²) in [4.78, 5) is 9.98. The monoisotopic (exact) mass is 393 g/mol. The van der Waals surface area contributed by atoms with Gasteiger partial charge in [-0.3, -0.25) is 4.90 Å². The fourth-order valence-electron chi connectivity index (χ4n) is 4.79. The molecule has 2 heterocycles. The van der Waals surface area contributed by atoms with Crippen molar-refractivity contribution < 1.29 is 5.11 Å². The van der Waals surface area contributed by atoms with Crippen molar-refractivity contribution >= 4 is 5.82 Å². The lowest BCUT2D eigenvalue weighted by atomic mass is 9.86. The lowest BCUT2D eigenvalue weighted by molar-refractivity contribution is 0.242. The number of benzene rings is 1. The van der Waals surface area contributed by atoms with Crippen molar-refractivity contribution in [1.82, 2.24) is 9.88 Å². The van der Waals surface area contributed by atoms with Crippen molar-refractivity contribution in [2.75, 3.05) is 44.2 Å².